The van der Waals surface area contributed by atoms with Crippen LogP contribution in [0, 0.1) is 5.41 Å². The standard InChI is InChI=1S/C12H19F3N2O/c1-11(8-18-6-10(11)16)7-17-4-2-9(3-5-17)12(13,14)15/h2,10H,3-8,16H2,1H3. The largest absolute Gasteiger partial charge is 0.412 e. The Morgan fingerprint density at radius 2 is 2.28 bits per heavy atom. The molecule has 1 saturated heterocycles. The van der Waals surface area contributed by atoms with Crippen LogP contribution < -0.4 is 5.73 Å². The first-order valence-corrected chi connectivity index (χ1v) is 6.13. The molecule has 2 aliphatic heterocycles. The number of ether oxygens (including phenoxy) is 1. The fraction of sp³-hybridized carbons (Fsp3) is 0.833. The van der Waals surface area contributed by atoms with E-state index in [4.69, 9.17) is 10.5 Å². The van der Waals surface area contributed by atoms with Gasteiger partial charge >= 0.3 is 6.18 Å². The van der Waals surface area contributed by atoms with Crippen LogP contribution >= 0.6 is 0 Å². The number of hydrogen-bond donors (Lipinski definition) is 1. The summed E-state index contributed by atoms with van der Waals surface area (Å²) < 4.78 is 42.8. The van der Waals surface area contributed by atoms with Crippen molar-refractivity contribution in [2.24, 2.45) is 11.1 Å². The van der Waals surface area contributed by atoms with E-state index in [1.165, 1.54) is 6.08 Å². The fourth-order valence-corrected chi connectivity index (χ4v) is 2.51. The van der Waals surface area contributed by atoms with E-state index in [9.17, 15) is 13.2 Å². The smallest absolute Gasteiger partial charge is 0.379 e. The van der Waals surface area contributed by atoms with E-state index in [0.717, 1.165) is 0 Å². The van der Waals surface area contributed by atoms with Crippen LogP contribution in [0.15, 0.2) is 11.6 Å². The average molecular weight is 264 g/mol. The molecule has 2 atom stereocenters. The molecule has 3 nitrogen and oxygen atoms in total. The summed E-state index contributed by atoms with van der Waals surface area (Å²) in [6.45, 7) is 4.63. The second kappa shape index (κ2) is 4.83. The van der Waals surface area contributed by atoms with Crippen molar-refractivity contribution in [1.82, 2.24) is 4.90 Å². The van der Waals surface area contributed by atoms with E-state index in [1.807, 2.05) is 11.8 Å². The summed E-state index contributed by atoms with van der Waals surface area (Å²) in [6.07, 6.45) is -2.83. The maximum atomic E-state index is 12.5. The average Bonchev–Trinajstić information content (AvgIpc) is 2.58. The van der Waals surface area contributed by atoms with E-state index in [0.29, 0.717) is 32.8 Å². The van der Waals surface area contributed by atoms with Gasteiger partial charge in [-0.15, -0.1) is 0 Å². The van der Waals surface area contributed by atoms with Crippen molar-refractivity contribution in [2.75, 3.05) is 32.8 Å². The first-order valence-electron chi connectivity index (χ1n) is 6.13. The quantitative estimate of drug-likeness (QED) is 0.769. The van der Waals surface area contributed by atoms with Crippen molar-refractivity contribution in [3.63, 3.8) is 0 Å². The minimum atomic E-state index is -4.18. The van der Waals surface area contributed by atoms with E-state index in [1.54, 1.807) is 0 Å². The second-order valence-electron chi connectivity index (χ2n) is 5.49. The highest BCUT2D eigenvalue weighted by Gasteiger charge is 2.40. The van der Waals surface area contributed by atoms with Gasteiger partial charge in [0.05, 0.1) is 13.2 Å². The highest BCUT2D eigenvalue weighted by molar-refractivity contribution is 5.13. The molecule has 2 unspecified atom stereocenters. The molecule has 0 radical (unpaired) electrons. The minimum Gasteiger partial charge on any atom is -0.379 e. The Bertz CT molecular complexity index is 343. The van der Waals surface area contributed by atoms with Crippen LogP contribution in [0.5, 0.6) is 0 Å². The first-order chi connectivity index (χ1) is 8.31. The molecular weight excluding hydrogens is 245 g/mol. The Morgan fingerprint density at radius 1 is 1.56 bits per heavy atom. The van der Waals surface area contributed by atoms with Crippen molar-refractivity contribution < 1.29 is 17.9 Å². The topological polar surface area (TPSA) is 38.5 Å². The molecule has 6 heteroatoms. The molecule has 1 fully saturated rings. The molecule has 0 amide bonds. The number of nitrogens with two attached hydrogens (primary N) is 1. The summed E-state index contributed by atoms with van der Waals surface area (Å²) in [5, 5.41) is 0. The molecule has 0 aromatic rings. The second-order valence-corrected chi connectivity index (χ2v) is 5.49. The predicted octanol–water partition coefficient (Wildman–Crippen LogP) is 1.54. The molecule has 2 rings (SSSR count). The van der Waals surface area contributed by atoms with E-state index in [-0.39, 0.29) is 17.9 Å². The lowest BCUT2D eigenvalue weighted by Crippen LogP contribution is -2.48. The molecule has 0 aromatic heterocycles. The highest BCUT2D eigenvalue weighted by Crippen LogP contribution is 2.32. The molecule has 0 aliphatic carbocycles. The molecule has 0 spiro atoms. The van der Waals surface area contributed by atoms with Gasteiger partial charge in [0.2, 0.25) is 0 Å². The van der Waals surface area contributed by atoms with E-state index >= 15 is 0 Å². The number of nitrogens with zero attached hydrogens (tertiary/aromatic N) is 1. The summed E-state index contributed by atoms with van der Waals surface area (Å²) in [5.74, 6) is 0. The van der Waals surface area contributed by atoms with Gasteiger partial charge in [0.1, 0.15) is 0 Å². The summed E-state index contributed by atoms with van der Waals surface area (Å²) >= 11 is 0. The van der Waals surface area contributed by atoms with E-state index < -0.39 is 11.7 Å². The SMILES string of the molecule is CC1(CN2CC=C(C(F)(F)F)CC2)COCC1N. The van der Waals surface area contributed by atoms with Crippen molar-refractivity contribution in [2.45, 2.75) is 25.6 Å². The summed E-state index contributed by atoms with van der Waals surface area (Å²) in [4.78, 5) is 2.02. The van der Waals surface area contributed by atoms with Gasteiger partial charge in [-0.05, 0) is 6.42 Å². The van der Waals surface area contributed by atoms with Crippen LogP contribution in [0.1, 0.15) is 13.3 Å². The molecule has 0 saturated carbocycles. The Labute approximate surface area is 105 Å². The van der Waals surface area contributed by atoms with Gasteiger partial charge in [-0.25, -0.2) is 0 Å². The number of halogens is 3. The van der Waals surface area contributed by atoms with Crippen LogP contribution in [0.4, 0.5) is 13.2 Å². The zero-order valence-corrected chi connectivity index (χ0v) is 10.5. The molecule has 2 aliphatic rings. The monoisotopic (exact) mass is 264 g/mol. The summed E-state index contributed by atoms with van der Waals surface area (Å²) in [6, 6.07) is -0.0366. The Hall–Kier alpha value is -0.590. The van der Waals surface area contributed by atoms with Crippen LogP contribution in [0.25, 0.3) is 0 Å². The van der Waals surface area contributed by atoms with Gasteiger partial charge in [-0.3, -0.25) is 4.90 Å². The summed E-state index contributed by atoms with van der Waals surface area (Å²) in [5.41, 5.74) is 5.42. The normalized spacial score (nSPS) is 34.7. The number of alkyl halides is 3. The van der Waals surface area contributed by atoms with Gasteiger partial charge in [-0.2, -0.15) is 13.2 Å². The summed E-state index contributed by atoms with van der Waals surface area (Å²) in [7, 11) is 0. The van der Waals surface area contributed by atoms with Crippen molar-refractivity contribution in [1.29, 1.82) is 0 Å². The predicted molar refractivity (Wildman–Crippen MR) is 62.1 cm³/mol. The Morgan fingerprint density at radius 3 is 2.72 bits per heavy atom. The Balaban J connectivity index is 1.93. The third kappa shape index (κ3) is 2.87. The van der Waals surface area contributed by atoms with Crippen LogP contribution in [-0.4, -0.2) is 50.0 Å². The maximum absolute atomic E-state index is 12.5. The zero-order valence-electron chi connectivity index (χ0n) is 10.5. The molecule has 2 heterocycles. The van der Waals surface area contributed by atoms with Crippen molar-refractivity contribution >= 4 is 0 Å². The van der Waals surface area contributed by atoms with Crippen LogP contribution in [-0.2, 0) is 4.74 Å². The zero-order chi connectivity index (χ0) is 13.4. The van der Waals surface area contributed by atoms with Gasteiger partial charge in [-0.1, -0.05) is 13.0 Å². The lowest BCUT2D eigenvalue weighted by molar-refractivity contribution is -0.0962. The third-order valence-corrected chi connectivity index (χ3v) is 3.87. The first kappa shape index (κ1) is 13.8. The fourth-order valence-electron chi connectivity index (χ4n) is 2.51. The molecule has 2 N–H and O–H groups in total. The van der Waals surface area contributed by atoms with Gasteiger partial charge in [0.15, 0.2) is 0 Å². The number of hydrogen-bond acceptors (Lipinski definition) is 3. The lowest BCUT2D eigenvalue weighted by atomic mass is 9.85. The number of rotatable bonds is 2. The molecular formula is C12H19F3N2O. The van der Waals surface area contributed by atoms with Crippen LogP contribution in [0.3, 0.4) is 0 Å². The maximum Gasteiger partial charge on any atom is 0.412 e. The van der Waals surface area contributed by atoms with Gasteiger partial charge < -0.3 is 10.5 Å². The lowest BCUT2D eigenvalue weighted by Gasteiger charge is -2.35. The molecule has 18 heavy (non-hydrogen) atoms. The minimum absolute atomic E-state index is 0.0366. The van der Waals surface area contributed by atoms with Gasteiger partial charge in [0, 0.05) is 36.7 Å². The van der Waals surface area contributed by atoms with Crippen LogP contribution in [0.2, 0.25) is 0 Å². The molecule has 104 valence electrons. The highest BCUT2D eigenvalue weighted by atomic mass is 19.4. The van der Waals surface area contributed by atoms with E-state index in [2.05, 4.69) is 0 Å². The third-order valence-electron chi connectivity index (χ3n) is 3.87. The molecule has 0 aromatic carbocycles. The Kier molecular flexibility index (Phi) is 3.71. The van der Waals surface area contributed by atoms with Gasteiger partial charge in [0.25, 0.3) is 0 Å². The van der Waals surface area contributed by atoms with Crippen molar-refractivity contribution in [3.8, 4) is 0 Å². The molecule has 0 bridgehead atoms. The van der Waals surface area contributed by atoms with Crippen molar-refractivity contribution in [3.05, 3.63) is 11.6 Å².